The summed E-state index contributed by atoms with van der Waals surface area (Å²) in [4.78, 5) is 4.18. The van der Waals surface area contributed by atoms with Crippen LogP contribution in [0, 0.1) is 11.3 Å². The van der Waals surface area contributed by atoms with Gasteiger partial charge in [-0.15, -0.1) is 11.3 Å². The maximum absolute atomic E-state index is 8.81. The third-order valence-corrected chi connectivity index (χ3v) is 3.04. The molecule has 0 radical (unpaired) electrons. The van der Waals surface area contributed by atoms with Gasteiger partial charge in [0.2, 0.25) is 0 Å². The van der Waals surface area contributed by atoms with Gasteiger partial charge in [0.25, 0.3) is 0 Å². The van der Waals surface area contributed by atoms with Gasteiger partial charge in [0.1, 0.15) is 16.8 Å². The Morgan fingerprint density at radius 1 is 1.56 bits per heavy atom. The van der Waals surface area contributed by atoms with Crippen molar-refractivity contribution < 1.29 is 0 Å². The first-order valence-electron chi connectivity index (χ1n) is 4.94. The molecule has 0 aliphatic rings. The van der Waals surface area contributed by atoms with Gasteiger partial charge in [0.15, 0.2) is 0 Å². The second kappa shape index (κ2) is 4.92. The Morgan fingerprint density at radius 2 is 2.44 bits per heavy atom. The lowest BCUT2D eigenvalue weighted by molar-refractivity contribution is 0.689. The molecule has 2 aromatic rings. The first-order valence-corrected chi connectivity index (χ1v) is 5.82. The lowest BCUT2D eigenvalue weighted by atomic mass is 10.3. The SMILES string of the molecule is Cn1cc(CNCc2nccs2)cc1C#N. The van der Waals surface area contributed by atoms with Crippen molar-refractivity contribution in [2.24, 2.45) is 7.05 Å². The summed E-state index contributed by atoms with van der Waals surface area (Å²) in [7, 11) is 1.88. The highest BCUT2D eigenvalue weighted by atomic mass is 32.1. The van der Waals surface area contributed by atoms with Crippen molar-refractivity contribution in [2.45, 2.75) is 13.1 Å². The van der Waals surface area contributed by atoms with Crippen LogP contribution in [0.2, 0.25) is 0 Å². The Labute approximate surface area is 98.2 Å². The Kier molecular flexibility index (Phi) is 3.34. The molecule has 0 atom stereocenters. The van der Waals surface area contributed by atoms with Gasteiger partial charge in [-0.3, -0.25) is 0 Å². The van der Waals surface area contributed by atoms with Crippen LogP contribution >= 0.6 is 11.3 Å². The number of rotatable bonds is 4. The van der Waals surface area contributed by atoms with Crippen LogP contribution in [0.15, 0.2) is 23.8 Å². The number of thiazole rings is 1. The Balaban J connectivity index is 1.88. The van der Waals surface area contributed by atoms with Crippen LogP contribution in [0.1, 0.15) is 16.3 Å². The average molecular weight is 232 g/mol. The van der Waals surface area contributed by atoms with Crippen LogP contribution in [-0.2, 0) is 20.1 Å². The molecule has 0 amide bonds. The van der Waals surface area contributed by atoms with Gasteiger partial charge in [-0.25, -0.2) is 4.98 Å². The van der Waals surface area contributed by atoms with E-state index in [2.05, 4.69) is 16.4 Å². The summed E-state index contributed by atoms with van der Waals surface area (Å²) in [6, 6.07) is 4.04. The van der Waals surface area contributed by atoms with E-state index in [-0.39, 0.29) is 0 Å². The number of hydrogen-bond donors (Lipinski definition) is 1. The molecule has 0 bridgehead atoms. The van der Waals surface area contributed by atoms with Crippen LogP contribution in [0.5, 0.6) is 0 Å². The van der Waals surface area contributed by atoms with E-state index in [1.165, 1.54) is 0 Å². The minimum Gasteiger partial charge on any atom is -0.342 e. The van der Waals surface area contributed by atoms with Crippen LogP contribution in [0.25, 0.3) is 0 Å². The summed E-state index contributed by atoms with van der Waals surface area (Å²) >= 11 is 1.64. The van der Waals surface area contributed by atoms with E-state index in [4.69, 9.17) is 5.26 Å². The maximum atomic E-state index is 8.81. The monoisotopic (exact) mass is 232 g/mol. The number of aryl methyl sites for hydroxylation is 1. The number of hydrogen-bond acceptors (Lipinski definition) is 4. The predicted molar refractivity (Wildman–Crippen MR) is 62.8 cm³/mol. The standard InChI is InChI=1S/C11H12N4S/c1-15-8-9(4-10(15)5-12)6-13-7-11-14-2-3-16-11/h2-4,8,13H,6-7H2,1H3. The third-order valence-electron chi connectivity index (χ3n) is 2.26. The molecule has 82 valence electrons. The lowest BCUT2D eigenvalue weighted by Crippen LogP contribution is -2.11. The predicted octanol–water partition coefficient (Wildman–Crippen LogP) is 1.64. The second-order valence-corrected chi connectivity index (χ2v) is 4.46. The van der Waals surface area contributed by atoms with E-state index >= 15 is 0 Å². The molecule has 2 aromatic heterocycles. The Morgan fingerprint density at radius 3 is 3.06 bits per heavy atom. The van der Waals surface area contributed by atoms with Crippen molar-refractivity contribution in [1.29, 1.82) is 5.26 Å². The molecule has 0 saturated carbocycles. The van der Waals surface area contributed by atoms with Crippen molar-refractivity contribution in [2.75, 3.05) is 0 Å². The van der Waals surface area contributed by atoms with Gasteiger partial charge in [-0.1, -0.05) is 0 Å². The fourth-order valence-corrected chi connectivity index (χ4v) is 2.08. The summed E-state index contributed by atoms with van der Waals surface area (Å²) in [5.74, 6) is 0. The maximum Gasteiger partial charge on any atom is 0.120 e. The molecule has 0 aromatic carbocycles. The minimum atomic E-state index is 0.686. The number of nitrogens with one attached hydrogen (secondary N) is 1. The first-order chi connectivity index (χ1) is 7.79. The van der Waals surface area contributed by atoms with E-state index in [1.807, 2.05) is 29.3 Å². The van der Waals surface area contributed by atoms with E-state index in [9.17, 15) is 0 Å². The molecule has 0 aliphatic carbocycles. The van der Waals surface area contributed by atoms with Crippen molar-refractivity contribution in [3.63, 3.8) is 0 Å². The fourth-order valence-electron chi connectivity index (χ4n) is 1.49. The molecular formula is C11H12N4S. The molecular weight excluding hydrogens is 220 g/mol. The molecule has 2 heterocycles. The lowest BCUT2D eigenvalue weighted by Gasteiger charge is -1.99. The zero-order valence-electron chi connectivity index (χ0n) is 8.97. The van der Waals surface area contributed by atoms with Crippen molar-refractivity contribution in [1.82, 2.24) is 14.9 Å². The van der Waals surface area contributed by atoms with Crippen LogP contribution in [-0.4, -0.2) is 9.55 Å². The molecule has 0 spiro atoms. The summed E-state index contributed by atoms with van der Waals surface area (Å²) in [6.07, 6.45) is 3.77. The van der Waals surface area contributed by atoms with E-state index in [1.54, 1.807) is 17.5 Å². The zero-order valence-corrected chi connectivity index (χ0v) is 9.79. The molecule has 0 unspecified atom stereocenters. The van der Waals surface area contributed by atoms with Crippen molar-refractivity contribution in [3.05, 3.63) is 40.1 Å². The average Bonchev–Trinajstić information content (AvgIpc) is 2.88. The van der Waals surface area contributed by atoms with Crippen LogP contribution < -0.4 is 5.32 Å². The minimum absolute atomic E-state index is 0.686. The summed E-state index contributed by atoms with van der Waals surface area (Å²) in [5, 5.41) is 15.1. The van der Waals surface area contributed by atoms with Gasteiger partial charge >= 0.3 is 0 Å². The zero-order chi connectivity index (χ0) is 11.4. The smallest absolute Gasteiger partial charge is 0.120 e. The van der Waals surface area contributed by atoms with Crippen molar-refractivity contribution >= 4 is 11.3 Å². The summed E-state index contributed by atoms with van der Waals surface area (Å²) in [6.45, 7) is 1.53. The van der Waals surface area contributed by atoms with Gasteiger partial charge in [0.05, 0.1) is 0 Å². The van der Waals surface area contributed by atoms with Gasteiger partial charge < -0.3 is 9.88 Å². The largest absolute Gasteiger partial charge is 0.342 e. The van der Waals surface area contributed by atoms with Crippen LogP contribution in [0.3, 0.4) is 0 Å². The topological polar surface area (TPSA) is 53.6 Å². The molecule has 4 nitrogen and oxygen atoms in total. The molecule has 0 aliphatic heterocycles. The van der Waals surface area contributed by atoms with Gasteiger partial charge in [0, 0.05) is 37.9 Å². The van der Waals surface area contributed by atoms with Gasteiger partial charge in [-0.05, 0) is 11.6 Å². The Bertz CT molecular complexity index is 493. The third kappa shape index (κ3) is 2.48. The normalized spacial score (nSPS) is 10.2. The fraction of sp³-hybridized carbons (Fsp3) is 0.273. The van der Waals surface area contributed by atoms with E-state index < -0.39 is 0 Å². The summed E-state index contributed by atoms with van der Waals surface area (Å²) < 4.78 is 1.83. The molecule has 0 fully saturated rings. The highest BCUT2D eigenvalue weighted by Crippen LogP contribution is 2.07. The van der Waals surface area contributed by atoms with E-state index in [0.717, 1.165) is 23.7 Å². The second-order valence-electron chi connectivity index (χ2n) is 3.49. The molecule has 0 saturated heterocycles. The first kappa shape index (κ1) is 10.9. The highest BCUT2D eigenvalue weighted by molar-refractivity contribution is 7.09. The summed E-state index contributed by atoms with van der Waals surface area (Å²) in [5.41, 5.74) is 1.81. The highest BCUT2D eigenvalue weighted by Gasteiger charge is 2.02. The quantitative estimate of drug-likeness (QED) is 0.872. The number of nitrogens with zero attached hydrogens (tertiary/aromatic N) is 3. The molecule has 16 heavy (non-hydrogen) atoms. The molecule has 5 heteroatoms. The number of nitriles is 1. The molecule has 1 N–H and O–H groups in total. The van der Waals surface area contributed by atoms with Crippen molar-refractivity contribution in [3.8, 4) is 6.07 Å². The molecule has 2 rings (SSSR count). The van der Waals surface area contributed by atoms with Crippen LogP contribution in [0.4, 0.5) is 0 Å². The van der Waals surface area contributed by atoms with E-state index in [0.29, 0.717) is 5.69 Å². The number of aromatic nitrogens is 2. The van der Waals surface area contributed by atoms with Gasteiger partial charge in [-0.2, -0.15) is 5.26 Å². The Hall–Kier alpha value is -1.64.